The Hall–Kier alpha value is -3.68. The molecule has 29 heavy (non-hydrogen) atoms. The number of benzene rings is 2. The van der Waals surface area contributed by atoms with Crippen LogP contribution in [0, 0.1) is 6.92 Å². The minimum absolute atomic E-state index is 0.242. The van der Waals surface area contributed by atoms with E-state index in [1.807, 2.05) is 30.3 Å². The van der Waals surface area contributed by atoms with Gasteiger partial charge in [0.15, 0.2) is 11.3 Å². The fourth-order valence-corrected chi connectivity index (χ4v) is 3.06. The first kappa shape index (κ1) is 18.7. The van der Waals surface area contributed by atoms with Crippen molar-refractivity contribution in [1.82, 2.24) is 15.0 Å². The molecule has 0 atom stereocenters. The molecule has 0 aliphatic carbocycles. The van der Waals surface area contributed by atoms with Crippen LogP contribution >= 0.6 is 0 Å². The second kappa shape index (κ2) is 7.05. The first-order valence-electron chi connectivity index (χ1n) is 9.23. The van der Waals surface area contributed by atoms with Crippen LogP contribution in [-0.4, -0.2) is 32.4 Å². The van der Waals surface area contributed by atoms with Crippen molar-refractivity contribution in [3.63, 3.8) is 0 Å². The summed E-state index contributed by atoms with van der Waals surface area (Å²) in [6, 6.07) is 14.9. The van der Waals surface area contributed by atoms with E-state index in [1.54, 1.807) is 43.7 Å². The van der Waals surface area contributed by atoms with Gasteiger partial charge < -0.3 is 15.4 Å². The zero-order valence-electron chi connectivity index (χ0n) is 16.4. The average Bonchev–Trinajstić information content (AvgIpc) is 3.04. The van der Waals surface area contributed by atoms with E-state index in [2.05, 4.69) is 20.9 Å². The van der Waals surface area contributed by atoms with E-state index in [0.717, 1.165) is 5.56 Å². The van der Waals surface area contributed by atoms with Gasteiger partial charge in [0.25, 0.3) is 11.8 Å². The number of nitrogens with one attached hydrogen (secondary N) is 2. The van der Waals surface area contributed by atoms with Crippen LogP contribution in [0.2, 0.25) is 0 Å². The molecule has 0 radical (unpaired) electrons. The van der Waals surface area contributed by atoms with E-state index in [4.69, 9.17) is 4.74 Å². The molecule has 1 aromatic heterocycles. The number of hydrogen-bond donors (Lipinski definition) is 2. The van der Waals surface area contributed by atoms with Gasteiger partial charge in [0.1, 0.15) is 5.75 Å². The monoisotopic (exact) mass is 391 g/mol. The van der Waals surface area contributed by atoms with Crippen LogP contribution in [0.15, 0.2) is 48.5 Å². The molecule has 0 saturated heterocycles. The van der Waals surface area contributed by atoms with Crippen LogP contribution in [0.4, 0.5) is 11.4 Å². The third kappa shape index (κ3) is 3.69. The number of anilines is 2. The summed E-state index contributed by atoms with van der Waals surface area (Å²) < 4.78 is 7.39. The number of ether oxygens (including phenoxy) is 1. The van der Waals surface area contributed by atoms with Crippen molar-refractivity contribution in [3.8, 4) is 5.75 Å². The molecule has 2 aromatic carbocycles. The topological polar surface area (TPSA) is 98.1 Å². The summed E-state index contributed by atoms with van der Waals surface area (Å²) in [6.45, 7) is 5.73. The summed E-state index contributed by atoms with van der Waals surface area (Å²) >= 11 is 0. The van der Waals surface area contributed by atoms with Gasteiger partial charge >= 0.3 is 0 Å². The molecule has 2 amide bonds. The molecule has 0 unspecified atom stereocenters. The molecule has 8 heteroatoms. The van der Waals surface area contributed by atoms with Crippen LogP contribution in [0.1, 0.15) is 35.6 Å². The smallest absolute Gasteiger partial charge is 0.278 e. The van der Waals surface area contributed by atoms with Gasteiger partial charge in [-0.15, -0.1) is 5.10 Å². The van der Waals surface area contributed by atoms with Crippen LogP contribution in [0.5, 0.6) is 5.75 Å². The number of hydrogen-bond acceptors (Lipinski definition) is 5. The molecule has 0 spiro atoms. The van der Waals surface area contributed by atoms with Crippen molar-refractivity contribution in [2.45, 2.75) is 32.9 Å². The third-order valence-corrected chi connectivity index (χ3v) is 4.77. The number of rotatable bonds is 4. The first-order valence-corrected chi connectivity index (χ1v) is 9.23. The minimum atomic E-state index is -0.938. The number of fused-ring (bicyclic) bond motifs is 1. The van der Waals surface area contributed by atoms with E-state index in [9.17, 15) is 9.59 Å². The average molecular weight is 391 g/mol. The third-order valence-electron chi connectivity index (χ3n) is 4.77. The zero-order valence-corrected chi connectivity index (χ0v) is 16.4. The number of carbonyl (C=O) groups is 2. The predicted molar refractivity (Wildman–Crippen MR) is 108 cm³/mol. The maximum Gasteiger partial charge on any atom is 0.278 e. The molecule has 148 valence electrons. The Morgan fingerprint density at radius 1 is 1.21 bits per heavy atom. The van der Waals surface area contributed by atoms with Gasteiger partial charge in [-0.05, 0) is 44.5 Å². The Labute approximate surface area is 167 Å². The van der Waals surface area contributed by atoms with E-state index in [0.29, 0.717) is 29.4 Å². The van der Waals surface area contributed by atoms with Crippen LogP contribution < -0.4 is 15.4 Å². The highest BCUT2D eigenvalue weighted by Crippen LogP contribution is 2.35. The SMILES string of the molecule is Cc1c(C(=O)Nc2ccc3c(c2)NC(=O)C(C)(C)O3)nnn1Cc1ccccc1. The number of aromatic nitrogens is 3. The van der Waals surface area contributed by atoms with Gasteiger partial charge in [0, 0.05) is 5.69 Å². The summed E-state index contributed by atoms with van der Waals surface area (Å²) in [5.41, 5.74) is 2.08. The summed E-state index contributed by atoms with van der Waals surface area (Å²) in [5, 5.41) is 13.7. The first-order chi connectivity index (χ1) is 13.8. The summed E-state index contributed by atoms with van der Waals surface area (Å²) in [4.78, 5) is 24.8. The zero-order chi connectivity index (χ0) is 20.6. The lowest BCUT2D eigenvalue weighted by atomic mass is 10.1. The molecule has 2 N–H and O–H groups in total. The van der Waals surface area contributed by atoms with Gasteiger partial charge in [-0.1, -0.05) is 35.5 Å². The second-order valence-corrected chi connectivity index (χ2v) is 7.40. The van der Waals surface area contributed by atoms with Gasteiger partial charge in [-0.3, -0.25) is 9.59 Å². The molecule has 0 bridgehead atoms. The maximum atomic E-state index is 12.7. The van der Waals surface area contributed by atoms with E-state index >= 15 is 0 Å². The van der Waals surface area contributed by atoms with E-state index < -0.39 is 5.60 Å². The van der Waals surface area contributed by atoms with Crippen LogP contribution in [0.25, 0.3) is 0 Å². The lowest BCUT2D eigenvalue weighted by Gasteiger charge is -2.31. The summed E-state index contributed by atoms with van der Waals surface area (Å²) in [5.74, 6) is -0.0593. The summed E-state index contributed by atoms with van der Waals surface area (Å²) in [7, 11) is 0. The minimum Gasteiger partial charge on any atom is -0.476 e. The standard InChI is InChI=1S/C21H21N5O3/c1-13-18(24-25-26(13)12-14-7-5-4-6-8-14)19(27)22-15-9-10-17-16(11-15)23-20(28)21(2,3)29-17/h4-11H,12H2,1-3H3,(H,22,27)(H,23,28). The number of carbonyl (C=O) groups excluding carboxylic acids is 2. The molecular weight excluding hydrogens is 370 g/mol. The van der Waals surface area contributed by atoms with Crippen molar-refractivity contribution in [2.75, 3.05) is 10.6 Å². The molecule has 3 aromatic rings. The normalized spacial score (nSPS) is 14.5. The van der Waals surface area contributed by atoms with Gasteiger partial charge in [-0.25, -0.2) is 4.68 Å². The van der Waals surface area contributed by atoms with Crippen molar-refractivity contribution >= 4 is 23.2 Å². The largest absolute Gasteiger partial charge is 0.476 e. The lowest BCUT2D eigenvalue weighted by molar-refractivity contribution is -0.129. The Bertz CT molecular complexity index is 1090. The fraction of sp³-hybridized carbons (Fsp3) is 0.238. The van der Waals surface area contributed by atoms with Crippen molar-refractivity contribution in [3.05, 3.63) is 65.5 Å². The van der Waals surface area contributed by atoms with Crippen LogP contribution in [-0.2, 0) is 11.3 Å². The highest BCUT2D eigenvalue weighted by atomic mass is 16.5. The van der Waals surface area contributed by atoms with Crippen molar-refractivity contribution in [2.24, 2.45) is 0 Å². The van der Waals surface area contributed by atoms with Crippen LogP contribution in [0.3, 0.4) is 0 Å². The predicted octanol–water partition coefficient (Wildman–Crippen LogP) is 3.00. The highest BCUT2D eigenvalue weighted by molar-refractivity contribution is 6.05. The Morgan fingerprint density at radius 2 is 1.97 bits per heavy atom. The van der Waals surface area contributed by atoms with Gasteiger partial charge in [0.05, 0.1) is 17.9 Å². The summed E-state index contributed by atoms with van der Waals surface area (Å²) in [6.07, 6.45) is 0. The van der Waals surface area contributed by atoms with Crippen molar-refractivity contribution in [1.29, 1.82) is 0 Å². The molecule has 1 aliphatic heterocycles. The highest BCUT2D eigenvalue weighted by Gasteiger charge is 2.35. The van der Waals surface area contributed by atoms with E-state index in [1.165, 1.54) is 0 Å². The Balaban J connectivity index is 1.51. The molecule has 2 heterocycles. The van der Waals surface area contributed by atoms with Gasteiger partial charge in [-0.2, -0.15) is 0 Å². The quantitative estimate of drug-likeness (QED) is 0.712. The number of amides is 2. The molecular formula is C21H21N5O3. The maximum absolute atomic E-state index is 12.7. The van der Waals surface area contributed by atoms with Crippen molar-refractivity contribution < 1.29 is 14.3 Å². The molecule has 1 aliphatic rings. The molecule has 4 rings (SSSR count). The Morgan fingerprint density at radius 3 is 2.72 bits per heavy atom. The molecule has 8 nitrogen and oxygen atoms in total. The van der Waals surface area contributed by atoms with Gasteiger partial charge in [0.2, 0.25) is 0 Å². The number of nitrogens with zero attached hydrogens (tertiary/aromatic N) is 3. The lowest BCUT2D eigenvalue weighted by Crippen LogP contribution is -2.45. The molecule has 0 fully saturated rings. The fourth-order valence-electron chi connectivity index (χ4n) is 3.06. The second-order valence-electron chi connectivity index (χ2n) is 7.40. The Kier molecular flexibility index (Phi) is 4.54. The van der Waals surface area contributed by atoms with E-state index in [-0.39, 0.29) is 17.5 Å². The molecule has 0 saturated carbocycles.